The van der Waals surface area contributed by atoms with E-state index in [-0.39, 0.29) is 0 Å². The predicted octanol–water partition coefficient (Wildman–Crippen LogP) is 2.04. The van der Waals surface area contributed by atoms with E-state index in [1.165, 1.54) is 17.7 Å². The van der Waals surface area contributed by atoms with Crippen molar-refractivity contribution in [1.82, 2.24) is 29.6 Å². The van der Waals surface area contributed by atoms with Gasteiger partial charge in [0, 0.05) is 51.3 Å². The molecule has 2 aliphatic rings. The second-order valence-corrected chi connectivity index (χ2v) is 7.81. The Kier molecular flexibility index (Phi) is 4.70. The highest BCUT2D eigenvalue weighted by Crippen LogP contribution is 2.32. The molecule has 0 amide bonds. The lowest BCUT2D eigenvalue weighted by atomic mass is 9.91. The summed E-state index contributed by atoms with van der Waals surface area (Å²) in [7, 11) is 2.19. The molecule has 4 heterocycles. The first-order chi connectivity index (χ1) is 13.8. The molecule has 0 bridgehead atoms. The normalized spacial score (nSPS) is 19.9. The van der Waals surface area contributed by atoms with E-state index in [9.17, 15) is 0 Å². The molecule has 0 saturated carbocycles. The Hall–Kier alpha value is -2.51. The monoisotopic (exact) mass is 377 g/mol. The molecule has 7 heteroatoms. The van der Waals surface area contributed by atoms with Crippen LogP contribution in [0.5, 0.6) is 0 Å². The number of imidazole rings is 1. The standard InChI is InChI=1S/C21H27N7/c1-26(18-6-2-4-16-5-3-8-23-20(16)18)14-17-15-28-19(25-17)7-9-24-21(28)27-12-10-22-11-13-27/h3,5,7-9,15,18,22H,2,4,6,10-14H2,1H3. The van der Waals surface area contributed by atoms with Crippen molar-refractivity contribution < 1.29 is 0 Å². The van der Waals surface area contributed by atoms with E-state index >= 15 is 0 Å². The van der Waals surface area contributed by atoms with Gasteiger partial charge in [0.05, 0.1) is 17.4 Å². The number of aryl methyl sites for hydroxylation is 1. The van der Waals surface area contributed by atoms with E-state index in [1.54, 1.807) is 0 Å². The van der Waals surface area contributed by atoms with Gasteiger partial charge in [0.2, 0.25) is 5.95 Å². The Morgan fingerprint density at radius 1 is 1.18 bits per heavy atom. The number of rotatable bonds is 4. The number of piperazine rings is 1. The molecule has 1 atom stereocenters. The Labute approximate surface area is 165 Å². The second-order valence-electron chi connectivity index (χ2n) is 7.81. The van der Waals surface area contributed by atoms with Crippen LogP contribution in [0.3, 0.4) is 0 Å². The van der Waals surface area contributed by atoms with Gasteiger partial charge in [0.25, 0.3) is 0 Å². The molecule has 3 aromatic rings. The van der Waals surface area contributed by atoms with E-state index in [0.717, 1.165) is 62.9 Å². The van der Waals surface area contributed by atoms with Crippen LogP contribution in [0.1, 0.15) is 35.8 Å². The van der Waals surface area contributed by atoms with Crippen molar-refractivity contribution in [2.45, 2.75) is 31.8 Å². The number of nitrogens with one attached hydrogen (secondary N) is 1. The molecule has 3 aromatic heterocycles. The molecule has 1 fully saturated rings. The van der Waals surface area contributed by atoms with Gasteiger partial charge in [0.15, 0.2) is 0 Å². The maximum Gasteiger partial charge on any atom is 0.211 e. The molecule has 28 heavy (non-hydrogen) atoms. The molecule has 1 saturated heterocycles. The Balaban J connectivity index is 1.40. The van der Waals surface area contributed by atoms with Crippen molar-refractivity contribution in [2.24, 2.45) is 0 Å². The van der Waals surface area contributed by atoms with Crippen molar-refractivity contribution in [1.29, 1.82) is 0 Å². The van der Waals surface area contributed by atoms with E-state index < -0.39 is 0 Å². The maximum atomic E-state index is 4.88. The first-order valence-corrected chi connectivity index (χ1v) is 10.2. The van der Waals surface area contributed by atoms with Crippen LogP contribution in [0.2, 0.25) is 0 Å². The number of hydrogen-bond acceptors (Lipinski definition) is 6. The third kappa shape index (κ3) is 3.25. The van der Waals surface area contributed by atoms with Gasteiger partial charge in [-0.15, -0.1) is 0 Å². The number of anilines is 1. The van der Waals surface area contributed by atoms with Crippen molar-refractivity contribution in [3.8, 4) is 0 Å². The zero-order valence-corrected chi connectivity index (χ0v) is 16.4. The number of aromatic nitrogens is 4. The van der Waals surface area contributed by atoms with Crippen LogP contribution in [-0.4, -0.2) is 57.5 Å². The highest BCUT2D eigenvalue weighted by Gasteiger charge is 2.25. The van der Waals surface area contributed by atoms with Gasteiger partial charge in [-0.3, -0.25) is 14.3 Å². The molecule has 1 unspecified atom stereocenters. The zero-order valence-electron chi connectivity index (χ0n) is 16.4. The van der Waals surface area contributed by atoms with Crippen LogP contribution in [0, 0.1) is 0 Å². The molecule has 0 radical (unpaired) electrons. The summed E-state index contributed by atoms with van der Waals surface area (Å²) in [6.45, 7) is 4.75. The third-order valence-corrected chi connectivity index (χ3v) is 5.92. The van der Waals surface area contributed by atoms with E-state index in [2.05, 4.69) is 43.8 Å². The molecule has 1 N–H and O–H groups in total. The number of nitrogens with zero attached hydrogens (tertiary/aromatic N) is 6. The largest absolute Gasteiger partial charge is 0.339 e. The molecule has 146 valence electrons. The second kappa shape index (κ2) is 7.48. The summed E-state index contributed by atoms with van der Waals surface area (Å²) in [4.78, 5) is 18.9. The van der Waals surface area contributed by atoms with Gasteiger partial charge in [-0.2, -0.15) is 0 Å². The van der Waals surface area contributed by atoms with Crippen LogP contribution in [0.25, 0.3) is 5.65 Å². The lowest BCUT2D eigenvalue weighted by Crippen LogP contribution is -2.44. The SMILES string of the molecule is CN(Cc1cn2c(N3CCNCC3)nccc2n1)C1CCCc2cccnc21. The van der Waals surface area contributed by atoms with Crippen molar-refractivity contribution in [2.75, 3.05) is 38.1 Å². The fourth-order valence-corrected chi connectivity index (χ4v) is 4.51. The van der Waals surface area contributed by atoms with Crippen molar-refractivity contribution in [3.05, 3.63) is 53.7 Å². The summed E-state index contributed by atoms with van der Waals surface area (Å²) in [5, 5.41) is 3.40. The minimum absolute atomic E-state index is 0.362. The van der Waals surface area contributed by atoms with Crippen LogP contribution in [0.15, 0.2) is 36.8 Å². The quantitative estimate of drug-likeness (QED) is 0.751. The molecule has 0 aromatic carbocycles. The maximum absolute atomic E-state index is 4.88. The number of hydrogen-bond donors (Lipinski definition) is 1. The fourth-order valence-electron chi connectivity index (χ4n) is 4.51. The molecule has 7 nitrogen and oxygen atoms in total. The molecule has 1 aliphatic carbocycles. The van der Waals surface area contributed by atoms with Crippen molar-refractivity contribution in [3.63, 3.8) is 0 Å². The smallest absolute Gasteiger partial charge is 0.211 e. The highest BCUT2D eigenvalue weighted by atomic mass is 15.3. The first kappa shape index (κ1) is 17.6. The fraction of sp³-hybridized carbons (Fsp3) is 0.476. The Morgan fingerprint density at radius 3 is 2.96 bits per heavy atom. The molecule has 1 aliphatic heterocycles. The molecular weight excluding hydrogens is 350 g/mol. The first-order valence-electron chi connectivity index (χ1n) is 10.2. The Bertz CT molecular complexity index is 960. The zero-order chi connectivity index (χ0) is 18.9. The van der Waals surface area contributed by atoms with Crippen molar-refractivity contribution >= 4 is 11.6 Å². The average Bonchev–Trinajstić information content (AvgIpc) is 3.16. The summed E-state index contributed by atoms with van der Waals surface area (Å²) in [5.41, 5.74) is 4.68. The minimum atomic E-state index is 0.362. The molecule has 5 rings (SSSR count). The number of fused-ring (bicyclic) bond motifs is 2. The van der Waals surface area contributed by atoms with Gasteiger partial charge in [0.1, 0.15) is 5.65 Å². The van der Waals surface area contributed by atoms with Crippen LogP contribution >= 0.6 is 0 Å². The van der Waals surface area contributed by atoms with E-state index in [0.29, 0.717) is 6.04 Å². The summed E-state index contributed by atoms with van der Waals surface area (Å²) < 4.78 is 2.14. The van der Waals surface area contributed by atoms with Crippen LogP contribution in [0.4, 0.5) is 5.95 Å². The van der Waals surface area contributed by atoms with Gasteiger partial charge in [-0.25, -0.2) is 9.97 Å². The van der Waals surface area contributed by atoms with Crippen LogP contribution in [-0.2, 0) is 13.0 Å². The summed E-state index contributed by atoms with van der Waals surface area (Å²) in [5.74, 6) is 0.991. The summed E-state index contributed by atoms with van der Waals surface area (Å²) in [6.07, 6.45) is 9.45. The van der Waals surface area contributed by atoms with Gasteiger partial charge >= 0.3 is 0 Å². The predicted molar refractivity (Wildman–Crippen MR) is 109 cm³/mol. The minimum Gasteiger partial charge on any atom is -0.339 e. The topological polar surface area (TPSA) is 61.6 Å². The lowest BCUT2D eigenvalue weighted by Gasteiger charge is -2.31. The Morgan fingerprint density at radius 2 is 2.07 bits per heavy atom. The van der Waals surface area contributed by atoms with Gasteiger partial charge in [-0.1, -0.05) is 6.07 Å². The summed E-state index contributed by atoms with van der Waals surface area (Å²) in [6, 6.07) is 6.62. The average molecular weight is 377 g/mol. The molecule has 0 spiro atoms. The number of pyridine rings is 1. The lowest BCUT2D eigenvalue weighted by molar-refractivity contribution is 0.206. The third-order valence-electron chi connectivity index (χ3n) is 5.92. The highest BCUT2D eigenvalue weighted by molar-refractivity contribution is 5.48. The summed E-state index contributed by atoms with van der Waals surface area (Å²) >= 11 is 0. The van der Waals surface area contributed by atoms with Gasteiger partial charge in [-0.05, 0) is 44.0 Å². The van der Waals surface area contributed by atoms with E-state index in [4.69, 9.17) is 9.97 Å². The van der Waals surface area contributed by atoms with Gasteiger partial charge < -0.3 is 10.2 Å². The molecular formula is C21H27N7. The van der Waals surface area contributed by atoms with E-state index in [1.807, 2.05) is 24.5 Å². The van der Waals surface area contributed by atoms with Crippen LogP contribution < -0.4 is 10.2 Å².